The van der Waals surface area contributed by atoms with E-state index in [4.69, 9.17) is 14.6 Å². The number of phenolic OH excluding ortho intramolecular Hbond substituents is 1. The van der Waals surface area contributed by atoms with Gasteiger partial charge >= 0.3 is 5.97 Å². The van der Waals surface area contributed by atoms with Gasteiger partial charge in [0, 0.05) is 13.7 Å². The molecule has 2 N–H and O–H groups in total. The largest absolute Gasteiger partial charge is 0.508 e. The average Bonchev–Trinajstić information content (AvgIpc) is 2.41. The third-order valence-electron chi connectivity index (χ3n) is 2.57. The maximum atomic E-state index is 11.7. The molecule has 1 atom stereocenters. The van der Waals surface area contributed by atoms with Gasteiger partial charge in [-0.3, -0.25) is 9.59 Å². The van der Waals surface area contributed by atoms with E-state index in [2.05, 4.69) is 5.32 Å². The summed E-state index contributed by atoms with van der Waals surface area (Å²) in [4.78, 5) is 23.2. The minimum Gasteiger partial charge on any atom is -0.508 e. The highest BCUT2D eigenvalue weighted by atomic mass is 16.5. The van der Waals surface area contributed by atoms with Crippen LogP contribution in [0.5, 0.6) is 5.75 Å². The molecule has 0 unspecified atom stereocenters. The fourth-order valence-electron chi connectivity index (χ4n) is 1.49. The van der Waals surface area contributed by atoms with E-state index < -0.39 is 12.1 Å². The highest BCUT2D eigenvalue weighted by Gasteiger charge is 2.17. The van der Waals surface area contributed by atoms with E-state index in [0.717, 1.165) is 0 Å². The standard InChI is InChI=1S/C14H19NO5/c1-10(14(18)15-7-8-19-2)20-13(17)9-11-3-5-12(16)6-4-11/h3-6,10,16H,7-9H2,1-2H3,(H,15,18)/t10-/m0/s1. The third kappa shape index (κ3) is 5.71. The number of rotatable bonds is 7. The van der Waals surface area contributed by atoms with Crippen LogP contribution in [-0.4, -0.2) is 43.3 Å². The quantitative estimate of drug-likeness (QED) is 0.565. The number of phenols is 1. The van der Waals surface area contributed by atoms with Crippen LogP contribution in [0.2, 0.25) is 0 Å². The maximum Gasteiger partial charge on any atom is 0.311 e. The highest BCUT2D eigenvalue weighted by Crippen LogP contribution is 2.10. The van der Waals surface area contributed by atoms with Crippen LogP contribution in [0.4, 0.5) is 0 Å². The van der Waals surface area contributed by atoms with Gasteiger partial charge in [0.05, 0.1) is 13.0 Å². The van der Waals surface area contributed by atoms with E-state index in [9.17, 15) is 9.59 Å². The maximum absolute atomic E-state index is 11.7. The SMILES string of the molecule is COCCNC(=O)[C@H](C)OC(=O)Cc1ccc(O)cc1. The summed E-state index contributed by atoms with van der Waals surface area (Å²) >= 11 is 0. The summed E-state index contributed by atoms with van der Waals surface area (Å²) in [6.45, 7) is 2.28. The first-order valence-electron chi connectivity index (χ1n) is 6.27. The van der Waals surface area contributed by atoms with Crippen LogP contribution in [0.25, 0.3) is 0 Å². The molecule has 0 aromatic heterocycles. The van der Waals surface area contributed by atoms with E-state index in [1.54, 1.807) is 12.1 Å². The molecule has 110 valence electrons. The van der Waals surface area contributed by atoms with E-state index in [1.807, 2.05) is 0 Å². The Morgan fingerprint density at radius 3 is 2.55 bits per heavy atom. The number of amides is 1. The van der Waals surface area contributed by atoms with Crippen molar-refractivity contribution in [2.24, 2.45) is 0 Å². The Morgan fingerprint density at radius 1 is 1.30 bits per heavy atom. The predicted octanol–water partition coefficient (Wildman–Crippen LogP) is 0.629. The smallest absolute Gasteiger partial charge is 0.311 e. The second-order valence-electron chi connectivity index (χ2n) is 4.26. The summed E-state index contributed by atoms with van der Waals surface area (Å²) in [5.74, 6) is -0.723. The minimum absolute atomic E-state index is 0.0516. The Balaban J connectivity index is 2.37. The van der Waals surface area contributed by atoms with Gasteiger partial charge in [-0.25, -0.2) is 0 Å². The first-order valence-corrected chi connectivity index (χ1v) is 6.27. The molecular weight excluding hydrogens is 262 g/mol. The number of ether oxygens (including phenoxy) is 2. The van der Waals surface area contributed by atoms with Crippen LogP contribution in [0, 0.1) is 0 Å². The van der Waals surface area contributed by atoms with Crippen molar-refractivity contribution < 1.29 is 24.2 Å². The molecule has 6 nitrogen and oxygen atoms in total. The summed E-state index contributed by atoms with van der Waals surface area (Å²) < 4.78 is 9.82. The normalized spacial score (nSPS) is 11.7. The summed E-state index contributed by atoms with van der Waals surface area (Å²) in [5, 5.41) is 11.7. The number of hydrogen-bond acceptors (Lipinski definition) is 5. The lowest BCUT2D eigenvalue weighted by Crippen LogP contribution is -2.37. The first-order chi connectivity index (χ1) is 9.52. The van der Waals surface area contributed by atoms with Crippen molar-refractivity contribution in [3.8, 4) is 5.75 Å². The van der Waals surface area contributed by atoms with Crippen molar-refractivity contribution in [3.05, 3.63) is 29.8 Å². The van der Waals surface area contributed by atoms with Gasteiger partial charge in [0.2, 0.25) is 0 Å². The van der Waals surface area contributed by atoms with Crippen LogP contribution in [0.1, 0.15) is 12.5 Å². The van der Waals surface area contributed by atoms with Crippen molar-refractivity contribution in [3.63, 3.8) is 0 Å². The summed E-state index contributed by atoms with van der Waals surface area (Å²) in [6, 6.07) is 6.23. The molecule has 0 saturated heterocycles. The highest BCUT2D eigenvalue weighted by molar-refractivity contribution is 5.83. The zero-order valence-electron chi connectivity index (χ0n) is 11.6. The van der Waals surface area contributed by atoms with Gasteiger partial charge in [-0.05, 0) is 24.6 Å². The van der Waals surface area contributed by atoms with Gasteiger partial charge in [0.1, 0.15) is 5.75 Å². The lowest BCUT2D eigenvalue weighted by atomic mass is 10.1. The molecule has 0 bridgehead atoms. The zero-order chi connectivity index (χ0) is 15.0. The molecule has 0 aliphatic carbocycles. The number of nitrogens with one attached hydrogen (secondary N) is 1. The average molecular weight is 281 g/mol. The molecule has 6 heteroatoms. The fraction of sp³-hybridized carbons (Fsp3) is 0.429. The van der Waals surface area contributed by atoms with Crippen molar-refractivity contribution in [1.82, 2.24) is 5.32 Å². The Kier molecular flexibility index (Phi) is 6.52. The molecule has 0 spiro atoms. The number of esters is 1. The number of carbonyl (C=O) groups is 2. The Bertz CT molecular complexity index is 443. The molecule has 0 fully saturated rings. The van der Waals surface area contributed by atoms with Crippen LogP contribution in [-0.2, 0) is 25.5 Å². The predicted molar refractivity (Wildman–Crippen MR) is 72.3 cm³/mol. The van der Waals surface area contributed by atoms with Gasteiger partial charge in [-0.15, -0.1) is 0 Å². The van der Waals surface area contributed by atoms with Crippen LogP contribution >= 0.6 is 0 Å². The number of hydrogen-bond donors (Lipinski definition) is 2. The minimum atomic E-state index is -0.850. The number of benzene rings is 1. The van der Waals surface area contributed by atoms with Crippen LogP contribution in [0.15, 0.2) is 24.3 Å². The van der Waals surface area contributed by atoms with Crippen molar-refractivity contribution in [1.29, 1.82) is 0 Å². The molecule has 1 rings (SSSR count). The Hall–Kier alpha value is -2.08. The van der Waals surface area contributed by atoms with Crippen molar-refractivity contribution in [2.45, 2.75) is 19.4 Å². The molecule has 0 heterocycles. The Morgan fingerprint density at radius 2 is 1.95 bits per heavy atom. The van der Waals surface area contributed by atoms with Gasteiger partial charge < -0.3 is 19.9 Å². The van der Waals surface area contributed by atoms with Crippen LogP contribution < -0.4 is 5.32 Å². The van der Waals surface area contributed by atoms with Gasteiger partial charge in [-0.2, -0.15) is 0 Å². The number of methoxy groups -OCH3 is 1. The molecule has 1 aromatic carbocycles. The monoisotopic (exact) mass is 281 g/mol. The Labute approximate surface area is 117 Å². The zero-order valence-corrected chi connectivity index (χ0v) is 11.6. The molecule has 0 aliphatic rings. The number of aromatic hydroxyl groups is 1. The van der Waals surface area contributed by atoms with Crippen molar-refractivity contribution in [2.75, 3.05) is 20.3 Å². The fourth-order valence-corrected chi connectivity index (χ4v) is 1.49. The summed E-state index contributed by atoms with van der Waals surface area (Å²) in [5.41, 5.74) is 0.708. The molecule has 1 amide bonds. The van der Waals surface area contributed by atoms with E-state index in [1.165, 1.54) is 26.2 Å². The molecule has 0 aliphatic heterocycles. The van der Waals surface area contributed by atoms with Gasteiger partial charge in [-0.1, -0.05) is 12.1 Å². The van der Waals surface area contributed by atoms with E-state index in [0.29, 0.717) is 18.7 Å². The first kappa shape index (κ1) is 16.0. The second kappa shape index (κ2) is 8.16. The van der Waals surface area contributed by atoms with Gasteiger partial charge in [0.15, 0.2) is 6.10 Å². The summed E-state index contributed by atoms with van der Waals surface area (Å²) in [7, 11) is 1.53. The lowest BCUT2D eigenvalue weighted by Gasteiger charge is -2.13. The molecule has 0 saturated carbocycles. The topological polar surface area (TPSA) is 84.9 Å². The van der Waals surface area contributed by atoms with E-state index >= 15 is 0 Å². The van der Waals surface area contributed by atoms with Crippen molar-refractivity contribution >= 4 is 11.9 Å². The van der Waals surface area contributed by atoms with Crippen LogP contribution in [0.3, 0.4) is 0 Å². The number of carbonyl (C=O) groups excluding carboxylic acids is 2. The molecule has 20 heavy (non-hydrogen) atoms. The lowest BCUT2D eigenvalue weighted by molar-refractivity contribution is -0.154. The van der Waals surface area contributed by atoms with Gasteiger partial charge in [0.25, 0.3) is 5.91 Å². The van der Waals surface area contributed by atoms with E-state index in [-0.39, 0.29) is 18.1 Å². The second-order valence-corrected chi connectivity index (χ2v) is 4.26. The molecule has 0 radical (unpaired) electrons. The molecular formula is C14H19NO5. The molecule has 1 aromatic rings. The third-order valence-corrected chi connectivity index (χ3v) is 2.57. The summed E-state index contributed by atoms with van der Waals surface area (Å²) in [6.07, 6.45) is -0.799.